The van der Waals surface area contributed by atoms with Gasteiger partial charge in [0.15, 0.2) is 0 Å². The highest BCUT2D eigenvalue weighted by molar-refractivity contribution is 7.89. The van der Waals surface area contributed by atoms with Crippen molar-refractivity contribution in [1.82, 2.24) is 19.1 Å². The van der Waals surface area contributed by atoms with Crippen LogP contribution in [0.4, 0.5) is 0 Å². The Balaban J connectivity index is 1.35. The molecule has 0 aliphatic carbocycles. The molecule has 3 aromatic rings. The van der Waals surface area contributed by atoms with Crippen LogP contribution >= 0.6 is 0 Å². The molecule has 1 aromatic heterocycles. The minimum atomic E-state index is -3.71. The molecule has 3 heterocycles. The van der Waals surface area contributed by atoms with Crippen LogP contribution in [-0.4, -0.2) is 72.8 Å². The minimum absolute atomic E-state index is 0.0433. The van der Waals surface area contributed by atoms with Crippen LogP contribution in [0.5, 0.6) is 0 Å². The van der Waals surface area contributed by atoms with Gasteiger partial charge in [-0.05, 0) is 68.6 Å². The summed E-state index contributed by atoms with van der Waals surface area (Å²) in [6, 6.07) is 19.1. The molecule has 8 heteroatoms. The van der Waals surface area contributed by atoms with E-state index in [0.717, 1.165) is 63.1 Å². The summed E-state index contributed by atoms with van der Waals surface area (Å²) in [7, 11) is -3.71. The average molecular weight is 504 g/mol. The first-order chi connectivity index (χ1) is 17.5. The predicted octanol–water partition coefficient (Wildman–Crippen LogP) is 3.86. The fourth-order valence-electron chi connectivity index (χ4n) is 5.52. The van der Waals surface area contributed by atoms with Crippen LogP contribution in [0, 0.1) is 11.3 Å². The first kappa shape index (κ1) is 24.8. The van der Waals surface area contributed by atoms with E-state index in [1.807, 2.05) is 48.5 Å². The molecular formula is C28H33N5O2S. The van der Waals surface area contributed by atoms with Crippen molar-refractivity contribution < 1.29 is 8.42 Å². The van der Waals surface area contributed by atoms with E-state index in [0.29, 0.717) is 22.5 Å². The van der Waals surface area contributed by atoms with Crippen molar-refractivity contribution in [3.05, 3.63) is 71.9 Å². The third-order valence-electron chi connectivity index (χ3n) is 7.44. The smallest absolute Gasteiger partial charge is 0.245 e. The Morgan fingerprint density at radius 2 is 1.72 bits per heavy atom. The Morgan fingerprint density at radius 1 is 0.972 bits per heavy atom. The number of fused-ring (bicyclic) bond motifs is 1. The molecule has 2 aromatic carbocycles. The number of hydrogen-bond donors (Lipinski definition) is 0. The number of benzene rings is 2. The van der Waals surface area contributed by atoms with E-state index in [-0.39, 0.29) is 6.04 Å². The normalized spacial score (nSPS) is 18.1. The highest BCUT2D eigenvalue weighted by atomic mass is 32.2. The molecule has 2 aliphatic heterocycles. The van der Waals surface area contributed by atoms with Gasteiger partial charge in [-0.25, -0.2) is 8.42 Å². The number of hydrogen-bond acceptors (Lipinski definition) is 6. The largest absolute Gasteiger partial charge is 0.302 e. The van der Waals surface area contributed by atoms with Crippen LogP contribution in [-0.2, 0) is 16.6 Å². The molecule has 0 spiro atoms. The van der Waals surface area contributed by atoms with Gasteiger partial charge in [-0.3, -0.25) is 9.88 Å². The Labute approximate surface area is 214 Å². The third kappa shape index (κ3) is 5.45. The molecule has 0 atom stereocenters. The summed E-state index contributed by atoms with van der Waals surface area (Å²) in [6.45, 7) is 5.78. The van der Waals surface area contributed by atoms with E-state index in [2.05, 4.69) is 20.9 Å². The standard InChI is InChI=1S/C28H33N5O2S/c29-21-23-6-3-7-24(20-23)22-32-16-11-26(12-17-32)33(19-18-31-14-1-2-15-31)36(34,35)27-10-4-8-25-9-5-13-30-28(25)27/h3-10,13,20,26H,1-2,11-12,14-19,22H2. The third-order valence-corrected chi connectivity index (χ3v) is 9.43. The first-order valence-corrected chi connectivity index (χ1v) is 14.3. The molecule has 36 heavy (non-hydrogen) atoms. The molecule has 2 fully saturated rings. The average Bonchev–Trinajstić information content (AvgIpc) is 3.43. The van der Waals surface area contributed by atoms with Crippen molar-refractivity contribution in [2.45, 2.75) is 43.2 Å². The van der Waals surface area contributed by atoms with Crippen LogP contribution in [0.1, 0.15) is 36.8 Å². The first-order valence-electron chi connectivity index (χ1n) is 12.8. The van der Waals surface area contributed by atoms with Gasteiger partial charge in [-0.15, -0.1) is 0 Å². The Bertz CT molecular complexity index is 1330. The summed E-state index contributed by atoms with van der Waals surface area (Å²) in [4.78, 5) is 9.48. The summed E-state index contributed by atoms with van der Waals surface area (Å²) in [5, 5.41) is 10.0. The molecule has 2 saturated heterocycles. The fraction of sp³-hybridized carbons (Fsp3) is 0.429. The number of nitriles is 1. The van der Waals surface area contributed by atoms with Crippen LogP contribution < -0.4 is 0 Å². The maximum atomic E-state index is 14.1. The summed E-state index contributed by atoms with van der Waals surface area (Å²) >= 11 is 0. The van der Waals surface area contributed by atoms with Crippen molar-refractivity contribution in [2.24, 2.45) is 0 Å². The number of pyridine rings is 1. The summed E-state index contributed by atoms with van der Waals surface area (Å²) in [5.74, 6) is 0. The molecule has 0 amide bonds. The topological polar surface area (TPSA) is 80.5 Å². The van der Waals surface area contributed by atoms with Crippen molar-refractivity contribution >= 4 is 20.9 Å². The number of piperidine rings is 1. The number of likely N-dealkylation sites (tertiary alicyclic amines) is 2. The lowest BCUT2D eigenvalue weighted by Gasteiger charge is -2.38. The van der Waals surface area contributed by atoms with E-state index in [1.54, 1.807) is 16.6 Å². The van der Waals surface area contributed by atoms with E-state index in [9.17, 15) is 13.7 Å². The summed E-state index contributed by atoms with van der Waals surface area (Å²) in [6.07, 6.45) is 5.61. The molecule has 188 valence electrons. The molecular weight excluding hydrogens is 470 g/mol. The van der Waals surface area contributed by atoms with Gasteiger partial charge in [0.05, 0.1) is 17.1 Å². The molecule has 5 rings (SSSR count). The zero-order valence-electron chi connectivity index (χ0n) is 20.6. The second-order valence-corrected chi connectivity index (χ2v) is 11.7. The van der Waals surface area contributed by atoms with Crippen LogP contribution in [0.25, 0.3) is 10.9 Å². The van der Waals surface area contributed by atoms with Gasteiger partial charge in [0.25, 0.3) is 0 Å². The number of sulfonamides is 1. The van der Waals surface area contributed by atoms with E-state index in [4.69, 9.17) is 0 Å². The summed E-state index contributed by atoms with van der Waals surface area (Å²) < 4.78 is 30.0. The molecule has 0 bridgehead atoms. The predicted molar refractivity (Wildman–Crippen MR) is 141 cm³/mol. The Hall–Kier alpha value is -2.83. The van der Waals surface area contributed by atoms with E-state index < -0.39 is 10.0 Å². The Kier molecular flexibility index (Phi) is 7.63. The van der Waals surface area contributed by atoms with Gasteiger partial charge in [0.1, 0.15) is 4.90 Å². The van der Waals surface area contributed by atoms with Crippen molar-refractivity contribution in [3.8, 4) is 6.07 Å². The van der Waals surface area contributed by atoms with Gasteiger partial charge in [-0.1, -0.05) is 30.3 Å². The van der Waals surface area contributed by atoms with Gasteiger partial charge in [0, 0.05) is 50.3 Å². The second-order valence-electron chi connectivity index (χ2n) is 9.82. The zero-order valence-corrected chi connectivity index (χ0v) is 21.4. The number of rotatable bonds is 8. The zero-order chi connectivity index (χ0) is 25.0. The fourth-order valence-corrected chi connectivity index (χ4v) is 7.36. The van der Waals surface area contributed by atoms with Gasteiger partial charge >= 0.3 is 0 Å². The highest BCUT2D eigenvalue weighted by Gasteiger charge is 2.35. The molecule has 0 unspecified atom stereocenters. The lowest BCUT2D eigenvalue weighted by atomic mass is 10.0. The maximum absolute atomic E-state index is 14.1. The molecule has 7 nitrogen and oxygen atoms in total. The van der Waals surface area contributed by atoms with Gasteiger partial charge in [0.2, 0.25) is 10.0 Å². The number of para-hydroxylation sites is 1. The Morgan fingerprint density at radius 3 is 2.50 bits per heavy atom. The van der Waals surface area contributed by atoms with Crippen LogP contribution in [0.3, 0.4) is 0 Å². The van der Waals surface area contributed by atoms with Crippen molar-refractivity contribution in [1.29, 1.82) is 5.26 Å². The lowest BCUT2D eigenvalue weighted by molar-refractivity contribution is 0.147. The highest BCUT2D eigenvalue weighted by Crippen LogP contribution is 2.29. The molecule has 0 saturated carbocycles. The lowest BCUT2D eigenvalue weighted by Crippen LogP contribution is -2.49. The van der Waals surface area contributed by atoms with Gasteiger partial charge in [-0.2, -0.15) is 9.57 Å². The second kappa shape index (κ2) is 11.1. The number of nitrogens with zero attached hydrogens (tertiary/aromatic N) is 5. The van der Waals surface area contributed by atoms with Crippen LogP contribution in [0.15, 0.2) is 65.7 Å². The molecule has 0 N–H and O–H groups in total. The van der Waals surface area contributed by atoms with Gasteiger partial charge < -0.3 is 4.90 Å². The van der Waals surface area contributed by atoms with Crippen molar-refractivity contribution in [3.63, 3.8) is 0 Å². The minimum Gasteiger partial charge on any atom is -0.302 e. The molecule has 2 aliphatic rings. The monoisotopic (exact) mass is 503 g/mol. The van der Waals surface area contributed by atoms with E-state index >= 15 is 0 Å². The molecule has 0 radical (unpaired) electrons. The van der Waals surface area contributed by atoms with E-state index in [1.165, 1.54) is 12.8 Å². The quantitative estimate of drug-likeness (QED) is 0.464. The summed E-state index contributed by atoms with van der Waals surface area (Å²) in [5.41, 5.74) is 2.33. The van der Waals surface area contributed by atoms with Crippen molar-refractivity contribution in [2.75, 3.05) is 39.3 Å². The maximum Gasteiger partial charge on any atom is 0.245 e. The number of aromatic nitrogens is 1. The van der Waals surface area contributed by atoms with Crippen LogP contribution in [0.2, 0.25) is 0 Å². The SMILES string of the molecule is N#Cc1cccc(CN2CCC(N(CCN3CCCC3)S(=O)(=O)c3cccc4cccnc34)CC2)c1.